The second kappa shape index (κ2) is 9.51. The van der Waals surface area contributed by atoms with Crippen LogP contribution >= 0.6 is 0 Å². The van der Waals surface area contributed by atoms with Crippen molar-refractivity contribution in [2.75, 3.05) is 49.2 Å². The summed E-state index contributed by atoms with van der Waals surface area (Å²) in [7, 11) is 1.92. The van der Waals surface area contributed by atoms with Gasteiger partial charge >= 0.3 is 0 Å². The van der Waals surface area contributed by atoms with Crippen LogP contribution in [0.2, 0.25) is 0 Å². The number of hydrogen-bond acceptors (Lipinski definition) is 8. The number of fused-ring (bicyclic) bond motifs is 1. The summed E-state index contributed by atoms with van der Waals surface area (Å²) in [5.74, 6) is 2.44. The van der Waals surface area contributed by atoms with Crippen LogP contribution in [0.3, 0.4) is 0 Å². The van der Waals surface area contributed by atoms with Gasteiger partial charge in [0.1, 0.15) is 0 Å². The van der Waals surface area contributed by atoms with E-state index in [0.29, 0.717) is 19.0 Å². The van der Waals surface area contributed by atoms with E-state index in [4.69, 9.17) is 19.7 Å². The Morgan fingerprint density at radius 1 is 0.972 bits per heavy atom. The van der Waals surface area contributed by atoms with Crippen molar-refractivity contribution < 1.29 is 9.84 Å². The zero-order valence-corrected chi connectivity index (χ0v) is 20.8. The van der Waals surface area contributed by atoms with Crippen LogP contribution in [0.15, 0.2) is 36.5 Å². The molecule has 3 aromatic heterocycles. The first-order valence-corrected chi connectivity index (χ1v) is 12.7. The quantitative estimate of drug-likeness (QED) is 0.458. The number of anilines is 2. The molecule has 0 aliphatic carbocycles. The fraction of sp³-hybridized carbons (Fsp3) is 0.462. The lowest BCUT2D eigenvalue weighted by atomic mass is 10.1. The maximum Gasteiger partial charge on any atom is 0.207 e. The fourth-order valence-electron chi connectivity index (χ4n) is 5.08. The summed E-state index contributed by atoms with van der Waals surface area (Å²) >= 11 is 0. The predicted molar refractivity (Wildman–Crippen MR) is 139 cm³/mol. The molecule has 0 bridgehead atoms. The molecular weight excluding hydrogens is 456 g/mol. The Morgan fingerprint density at radius 2 is 1.75 bits per heavy atom. The lowest BCUT2D eigenvalue weighted by molar-refractivity contribution is 0.122. The smallest absolute Gasteiger partial charge is 0.207 e. The van der Waals surface area contributed by atoms with Crippen molar-refractivity contribution in [3.05, 3.63) is 36.5 Å². The molecule has 4 aromatic rings. The van der Waals surface area contributed by atoms with E-state index in [9.17, 15) is 5.11 Å². The van der Waals surface area contributed by atoms with Crippen LogP contribution in [0.5, 0.6) is 0 Å². The third-order valence-corrected chi connectivity index (χ3v) is 7.06. The second-order valence-electron chi connectivity index (χ2n) is 9.47. The number of morpholine rings is 1. The van der Waals surface area contributed by atoms with Crippen LogP contribution in [0, 0.1) is 0 Å². The van der Waals surface area contributed by atoms with Crippen molar-refractivity contribution in [2.45, 2.75) is 32.4 Å². The first-order valence-electron chi connectivity index (χ1n) is 12.7. The highest BCUT2D eigenvalue weighted by atomic mass is 16.5. The van der Waals surface area contributed by atoms with Crippen LogP contribution in [-0.2, 0) is 18.3 Å². The van der Waals surface area contributed by atoms with Crippen molar-refractivity contribution >= 4 is 22.9 Å². The van der Waals surface area contributed by atoms with Crippen LogP contribution in [-0.4, -0.2) is 79.9 Å². The minimum Gasteiger partial charge on any atom is -0.393 e. The number of nitrogens with zero attached hydrogens (tertiary/aromatic N) is 8. The monoisotopic (exact) mass is 488 g/mol. The van der Waals surface area contributed by atoms with Crippen molar-refractivity contribution in [1.29, 1.82) is 0 Å². The minimum absolute atomic E-state index is 0.234. The van der Waals surface area contributed by atoms with Gasteiger partial charge in [0.05, 0.1) is 25.0 Å². The molecule has 2 aliphatic rings. The van der Waals surface area contributed by atoms with Crippen LogP contribution < -0.4 is 9.80 Å². The average Bonchev–Trinajstić information content (AvgIpc) is 3.52. The summed E-state index contributed by atoms with van der Waals surface area (Å²) in [6.45, 7) is 7.31. The van der Waals surface area contributed by atoms with Gasteiger partial charge < -0.3 is 19.6 Å². The SMILES string of the molecule is CCn1c(N2CCC(O)CC2)nc2c(N3CCOCC3)nc(-c3cccc(-c4ccn(C)n4)c3)nc21. The Bertz CT molecular complexity index is 1370. The number of piperidine rings is 1. The number of benzene rings is 1. The number of aromatic nitrogens is 6. The molecule has 5 heterocycles. The van der Waals surface area contributed by atoms with Gasteiger partial charge in [0.2, 0.25) is 5.95 Å². The van der Waals surface area contributed by atoms with Gasteiger partial charge in [-0.25, -0.2) is 15.0 Å². The summed E-state index contributed by atoms with van der Waals surface area (Å²) < 4.78 is 9.61. The first-order chi connectivity index (χ1) is 17.6. The van der Waals surface area contributed by atoms with E-state index in [0.717, 1.165) is 85.3 Å². The lowest BCUT2D eigenvalue weighted by Gasteiger charge is -2.30. The average molecular weight is 489 g/mol. The predicted octanol–water partition coefficient (Wildman–Crippen LogP) is 2.71. The molecule has 1 N–H and O–H groups in total. The Hall–Kier alpha value is -3.50. The Labute approximate surface area is 210 Å². The van der Waals surface area contributed by atoms with E-state index in [1.165, 1.54) is 0 Å². The van der Waals surface area contributed by atoms with Gasteiger partial charge in [0.15, 0.2) is 22.8 Å². The number of aliphatic hydroxyl groups excluding tert-OH is 1. The van der Waals surface area contributed by atoms with Gasteiger partial charge in [0, 0.05) is 57.1 Å². The van der Waals surface area contributed by atoms with E-state index >= 15 is 0 Å². The van der Waals surface area contributed by atoms with E-state index in [1.54, 1.807) is 0 Å². The van der Waals surface area contributed by atoms with Gasteiger partial charge in [-0.15, -0.1) is 0 Å². The van der Waals surface area contributed by atoms with Crippen molar-refractivity contribution in [3.63, 3.8) is 0 Å². The highest BCUT2D eigenvalue weighted by Crippen LogP contribution is 2.33. The standard InChI is InChI=1S/C26H32N8O2/c1-3-34-25-22(27-26(34)33-11-7-20(35)8-12-33)24(32-13-15-36-16-14-32)28-23(29-25)19-6-4-5-18(17-19)21-9-10-31(2)30-21/h4-6,9-10,17,20,35H,3,7-8,11-16H2,1-2H3. The highest BCUT2D eigenvalue weighted by Gasteiger charge is 2.27. The van der Waals surface area contributed by atoms with E-state index in [-0.39, 0.29) is 6.10 Å². The molecule has 2 fully saturated rings. The number of aryl methyl sites for hydroxylation is 2. The molecule has 2 saturated heterocycles. The summed E-state index contributed by atoms with van der Waals surface area (Å²) in [6, 6.07) is 10.3. The van der Waals surface area contributed by atoms with Gasteiger partial charge in [-0.3, -0.25) is 9.25 Å². The summed E-state index contributed by atoms with van der Waals surface area (Å²) in [5, 5.41) is 14.6. The second-order valence-corrected chi connectivity index (χ2v) is 9.47. The fourth-order valence-corrected chi connectivity index (χ4v) is 5.08. The molecule has 6 rings (SSSR count). The summed E-state index contributed by atoms with van der Waals surface area (Å²) in [6.07, 6.45) is 3.21. The number of aliphatic hydroxyl groups is 1. The molecular formula is C26H32N8O2. The Balaban J connectivity index is 1.49. The molecule has 1 aromatic carbocycles. The molecule has 0 radical (unpaired) electrons. The summed E-state index contributed by atoms with van der Waals surface area (Å²) in [4.78, 5) is 19.8. The lowest BCUT2D eigenvalue weighted by Crippen LogP contribution is -2.37. The maximum atomic E-state index is 10.0. The third-order valence-electron chi connectivity index (χ3n) is 7.06. The molecule has 0 atom stereocenters. The van der Waals surface area contributed by atoms with Gasteiger partial charge in [0.25, 0.3) is 0 Å². The van der Waals surface area contributed by atoms with Crippen molar-refractivity contribution in [1.82, 2.24) is 29.3 Å². The van der Waals surface area contributed by atoms with E-state index in [1.807, 2.05) is 30.1 Å². The molecule has 0 unspecified atom stereocenters. The number of ether oxygens (including phenoxy) is 1. The molecule has 0 saturated carbocycles. The zero-order chi connectivity index (χ0) is 24.6. The number of imidazole rings is 1. The van der Waals surface area contributed by atoms with Gasteiger partial charge in [-0.05, 0) is 31.9 Å². The van der Waals surface area contributed by atoms with E-state index in [2.05, 4.69) is 44.6 Å². The molecule has 10 heteroatoms. The topological polar surface area (TPSA) is 97.4 Å². The molecule has 2 aliphatic heterocycles. The van der Waals surface area contributed by atoms with Crippen LogP contribution in [0.4, 0.5) is 11.8 Å². The van der Waals surface area contributed by atoms with Crippen molar-refractivity contribution in [2.24, 2.45) is 7.05 Å². The zero-order valence-electron chi connectivity index (χ0n) is 20.8. The normalized spacial score (nSPS) is 17.3. The molecule has 0 spiro atoms. The molecule has 0 amide bonds. The largest absolute Gasteiger partial charge is 0.393 e. The molecule has 188 valence electrons. The maximum absolute atomic E-state index is 10.0. The number of hydrogen-bond donors (Lipinski definition) is 1. The minimum atomic E-state index is -0.234. The van der Waals surface area contributed by atoms with Crippen LogP contribution in [0.1, 0.15) is 19.8 Å². The Morgan fingerprint density at radius 3 is 2.47 bits per heavy atom. The molecule has 36 heavy (non-hydrogen) atoms. The molecule has 10 nitrogen and oxygen atoms in total. The Kier molecular flexibility index (Phi) is 6.06. The number of rotatable bonds is 5. The van der Waals surface area contributed by atoms with Gasteiger partial charge in [-0.1, -0.05) is 18.2 Å². The summed E-state index contributed by atoms with van der Waals surface area (Å²) in [5.41, 5.74) is 4.56. The third kappa shape index (κ3) is 4.20. The van der Waals surface area contributed by atoms with Gasteiger partial charge in [-0.2, -0.15) is 5.10 Å². The van der Waals surface area contributed by atoms with Crippen molar-refractivity contribution in [3.8, 4) is 22.6 Å². The first kappa shape index (κ1) is 22.9. The highest BCUT2D eigenvalue weighted by molar-refractivity contribution is 5.88. The van der Waals surface area contributed by atoms with Crippen LogP contribution in [0.25, 0.3) is 33.8 Å². The van der Waals surface area contributed by atoms with E-state index < -0.39 is 0 Å².